The fraction of sp³-hybridized carbons (Fsp3) is 0.750. The second kappa shape index (κ2) is 2.21. The van der Waals surface area contributed by atoms with Crippen molar-refractivity contribution in [3.05, 3.63) is 7.05 Å². The lowest BCUT2D eigenvalue weighted by Gasteiger charge is -1.95. The molecule has 0 unspecified atom stereocenters. The molecule has 0 aromatic heterocycles. The predicted molar refractivity (Wildman–Crippen MR) is 23.6 cm³/mol. The Labute approximate surface area is 33.4 Å². The van der Waals surface area contributed by atoms with Crippen molar-refractivity contribution < 1.29 is 0 Å². The molecule has 0 atom stereocenters. The summed E-state index contributed by atoms with van der Waals surface area (Å²) in [7, 11) is 3.44. The van der Waals surface area contributed by atoms with E-state index in [0.29, 0.717) is 6.04 Å². The molecular formula is C4H10N. The molecule has 0 heterocycles. The molecule has 0 aliphatic rings. The third kappa shape index (κ3) is 3.96. The van der Waals surface area contributed by atoms with Crippen LogP contribution in [0.4, 0.5) is 0 Å². The molecular weight excluding hydrogens is 62.1 g/mol. The highest BCUT2D eigenvalue weighted by Gasteiger charge is 1.77. The van der Waals surface area contributed by atoms with E-state index in [0.717, 1.165) is 0 Å². The molecule has 0 amide bonds. The maximum atomic E-state index is 3.44. The Kier molecular flexibility index (Phi) is 2.19. The minimum Gasteiger partial charge on any atom is -0.313 e. The van der Waals surface area contributed by atoms with Gasteiger partial charge in [0.1, 0.15) is 0 Å². The Morgan fingerprint density at radius 3 is 1.80 bits per heavy atom. The second-order valence-electron chi connectivity index (χ2n) is 1.36. The van der Waals surface area contributed by atoms with Crippen LogP contribution in [0.3, 0.4) is 0 Å². The van der Waals surface area contributed by atoms with Gasteiger partial charge in [-0.3, -0.25) is 0 Å². The number of rotatable bonds is 1. The molecule has 0 bridgehead atoms. The van der Waals surface area contributed by atoms with Gasteiger partial charge in [-0.1, -0.05) is 13.8 Å². The highest BCUT2D eigenvalue weighted by Crippen LogP contribution is 1.67. The van der Waals surface area contributed by atoms with Crippen molar-refractivity contribution in [1.29, 1.82) is 0 Å². The van der Waals surface area contributed by atoms with Gasteiger partial charge < -0.3 is 5.32 Å². The van der Waals surface area contributed by atoms with Gasteiger partial charge in [0.15, 0.2) is 0 Å². The van der Waals surface area contributed by atoms with Crippen LogP contribution in [-0.4, -0.2) is 6.04 Å². The second-order valence-corrected chi connectivity index (χ2v) is 1.36. The Morgan fingerprint density at radius 2 is 1.80 bits per heavy atom. The largest absolute Gasteiger partial charge is 0.313 e. The van der Waals surface area contributed by atoms with Crippen molar-refractivity contribution in [3.63, 3.8) is 0 Å². The molecule has 0 fully saturated rings. The summed E-state index contributed by atoms with van der Waals surface area (Å²) < 4.78 is 0. The fourth-order valence-corrected chi connectivity index (χ4v) is 0. The molecule has 0 spiro atoms. The van der Waals surface area contributed by atoms with Gasteiger partial charge in [0, 0.05) is 13.1 Å². The van der Waals surface area contributed by atoms with E-state index in [1.165, 1.54) is 0 Å². The van der Waals surface area contributed by atoms with Crippen molar-refractivity contribution in [3.8, 4) is 0 Å². The van der Waals surface area contributed by atoms with E-state index >= 15 is 0 Å². The summed E-state index contributed by atoms with van der Waals surface area (Å²) in [6.45, 7) is 4.10. The summed E-state index contributed by atoms with van der Waals surface area (Å²) in [4.78, 5) is 0. The summed E-state index contributed by atoms with van der Waals surface area (Å²) >= 11 is 0. The van der Waals surface area contributed by atoms with Crippen molar-refractivity contribution >= 4 is 0 Å². The predicted octanol–water partition coefficient (Wildman–Crippen LogP) is 0.776. The monoisotopic (exact) mass is 72.1 g/mol. The minimum atomic E-state index is 0.523. The van der Waals surface area contributed by atoms with E-state index in [2.05, 4.69) is 12.4 Å². The average Bonchev–Trinajstić information content (AvgIpc) is 1.38. The van der Waals surface area contributed by atoms with Crippen LogP contribution in [0.15, 0.2) is 0 Å². The molecule has 0 aliphatic heterocycles. The minimum absolute atomic E-state index is 0.523. The van der Waals surface area contributed by atoms with E-state index < -0.39 is 0 Å². The Morgan fingerprint density at radius 1 is 1.60 bits per heavy atom. The lowest BCUT2D eigenvalue weighted by molar-refractivity contribution is 0.699. The normalized spacial score (nSPS) is 9.60. The summed E-state index contributed by atoms with van der Waals surface area (Å²) in [5, 5.41) is 2.78. The molecule has 1 radical (unpaired) electrons. The van der Waals surface area contributed by atoms with Crippen molar-refractivity contribution in [2.24, 2.45) is 0 Å². The lowest BCUT2D eigenvalue weighted by Crippen LogP contribution is -2.12. The summed E-state index contributed by atoms with van der Waals surface area (Å²) in [6.07, 6.45) is 0. The lowest BCUT2D eigenvalue weighted by atomic mass is 10.4. The summed E-state index contributed by atoms with van der Waals surface area (Å²) in [6, 6.07) is 0.523. The van der Waals surface area contributed by atoms with E-state index in [9.17, 15) is 0 Å². The maximum absolute atomic E-state index is 3.44. The highest BCUT2D eigenvalue weighted by atomic mass is 14.8. The fourth-order valence-electron chi connectivity index (χ4n) is 0. The number of nitrogens with one attached hydrogen (secondary N) is 1. The first-order valence-electron chi connectivity index (χ1n) is 1.80. The van der Waals surface area contributed by atoms with Gasteiger partial charge in [0.05, 0.1) is 0 Å². The average molecular weight is 72.1 g/mol. The quantitative estimate of drug-likeness (QED) is 0.482. The third-order valence-corrected chi connectivity index (χ3v) is 0.408. The van der Waals surface area contributed by atoms with E-state index in [1.54, 1.807) is 0 Å². The van der Waals surface area contributed by atoms with Crippen LogP contribution in [0.2, 0.25) is 0 Å². The molecule has 0 saturated carbocycles. The van der Waals surface area contributed by atoms with E-state index in [1.807, 2.05) is 13.8 Å². The molecule has 1 heteroatoms. The summed E-state index contributed by atoms with van der Waals surface area (Å²) in [5.41, 5.74) is 0. The standard InChI is InChI=1S/C4H10N/c1-4(2)5-3/h4-5H,3H2,1-2H3. The highest BCUT2D eigenvalue weighted by molar-refractivity contribution is 4.45. The maximum Gasteiger partial charge on any atom is 0.00791 e. The zero-order valence-electron chi connectivity index (χ0n) is 3.78. The van der Waals surface area contributed by atoms with Crippen molar-refractivity contribution in [1.82, 2.24) is 5.32 Å². The van der Waals surface area contributed by atoms with Gasteiger partial charge in [-0.05, 0) is 0 Å². The van der Waals surface area contributed by atoms with Crippen LogP contribution in [0.1, 0.15) is 13.8 Å². The Hall–Kier alpha value is -0.0400. The van der Waals surface area contributed by atoms with Crippen LogP contribution >= 0.6 is 0 Å². The van der Waals surface area contributed by atoms with Crippen LogP contribution in [0, 0.1) is 7.05 Å². The molecule has 31 valence electrons. The first-order valence-corrected chi connectivity index (χ1v) is 1.80. The smallest absolute Gasteiger partial charge is 0.00791 e. The molecule has 0 saturated heterocycles. The van der Waals surface area contributed by atoms with E-state index in [-0.39, 0.29) is 0 Å². The molecule has 5 heavy (non-hydrogen) atoms. The van der Waals surface area contributed by atoms with E-state index in [4.69, 9.17) is 0 Å². The van der Waals surface area contributed by atoms with Gasteiger partial charge in [0.25, 0.3) is 0 Å². The number of hydrogen-bond donors (Lipinski definition) is 1. The van der Waals surface area contributed by atoms with Crippen LogP contribution < -0.4 is 5.32 Å². The molecule has 0 aromatic carbocycles. The Bertz CT molecular complexity index is 17.6. The molecule has 1 nitrogen and oxygen atoms in total. The van der Waals surface area contributed by atoms with Crippen LogP contribution in [0.25, 0.3) is 0 Å². The summed E-state index contributed by atoms with van der Waals surface area (Å²) in [5.74, 6) is 0. The van der Waals surface area contributed by atoms with Crippen molar-refractivity contribution in [2.45, 2.75) is 19.9 Å². The van der Waals surface area contributed by atoms with Crippen LogP contribution in [0.5, 0.6) is 0 Å². The first kappa shape index (κ1) is 4.96. The Balaban J connectivity index is 2.54. The SMILES string of the molecule is [CH2]NC(C)C. The zero-order chi connectivity index (χ0) is 4.28. The van der Waals surface area contributed by atoms with Gasteiger partial charge in [-0.25, -0.2) is 0 Å². The van der Waals surface area contributed by atoms with Crippen molar-refractivity contribution in [2.75, 3.05) is 0 Å². The number of hydrogen-bond acceptors (Lipinski definition) is 1. The molecule has 1 N–H and O–H groups in total. The molecule has 0 aliphatic carbocycles. The third-order valence-electron chi connectivity index (χ3n) is 0.408. The molecule has 0 rings (SSSR count). The zero-order valence-corrected chi connectivity index (χ0v) is 3.78. The van der Waals surface area contributed by atoms with Gasteiger partial charge in [-0.15, -0.1) is 0 Å². The van der Waals surface area contributed by atoms with Gasteiger partial charge >= 0.3 is 0 Å². The molecule has 0 aromatic rings. The first-order chi connectivity index (χ1) is 2.27. The van der Waals surface area contributed by atoms with Crippen LogP contribution in [-0.2, 0) is 0 Å². The van der Waals surface area contributed by atoms with Gasteiger partial charge in [-0.2, -0.15) is 0 Å². The van der Waals surface area contributed by atoms with Gasteiger partial charge in [0.2, 0.25) is 0 Å². The topological polar surface area (TPSA) is 12.0 Å².